The van der Waals surface area contributed by atoms with E-state index in [1.54, 1.807) is 7.11 Å². The molecule has 1 aliphatic carbocycles. The van der Waals surface area contributed by atoms with E-state index in [0.717, 1.165) is 18.1 Å². The van der Waals surface area contributed by atoms with E-state index in [2.05, 4.69) is 53.4 Å². The molecule has 2 atom stereocenters. The standard InChI is InChI=1S/C20H23NO.ClH/c1-22-19-9-5-8-16-12-17-13-21(14-18(17)20(16)19)11-10-15-6-3-2-4-7-15;/h2-9,17-18H,10-14H2,1H3;1H. The molecule has 0 amide bonds. The molecule has 2 unspecified atom stereocenters. The lowest BCUT2D eigenvalue weighted by Gasteiger charge is -2.18. The smallest absolute Gasteiger partial charge is 0.122 e. The van der Waals surface area contributed by atoms with Crippen LogP contribution in [0.15, 0.2) is 48.5 Å². The number of hydrogen-bond donors (Lipinski definition) is 0. The van der Waals surface area contributed by atoms with Crippen molar-refractivity contribution in [3.8, 4) is 5.75 Å². The summed E-state index contributed by atoms with van der Waals surface area (Å²) < 4.78 is 5.61. The highest BCUT2D eigenvalue weighted by Crippen LogP contribution is 2.46. The number of benzene rings is 2. The number of rotatable bonds is 4. The van der Waals surface area contributed by atoms with Crippen LogP contribution in [0, 0.1) is 5.92 Å². The average Bonchev–Trinajstić information content (AvgIpc) is 3.10. The minimum absolute atomic E-state index is 0. The van der Waals surface area contributed by atoms with Crippen molar-refractivity contribution in [2.75, 3.05) is 26.7 Å². The van der Waals surface area contributed by atoms with Gasteiger partial charge in [0, 0.05) is 31.1 Å². The van der Waals surface area contributed by atoms with E-state index < -0.39 is 0 Å². The number of halogens is 1. The van der Waals surface area contributed by atoms with Crippen molar-refractivity contribution >= 4 is 12.4 Å². The molecule has 0 spiro atoms. The van der Waals surface area contributed by atoms with Crippen LogP contribution in [0.1, 0.15) is 22.6 Å². The summed E-state index contributed by atoms with van der Waals surface area (Å²) >= 11 is 0. The van der Waals surface area contributed by atoms with Gasteiger partial charge in [-0.15, -0.1) is 12.4 Å². The Morgan fingerprint density at radius 1 is 1.04 bits per heavy atom. The molecule has 1 heterocycles. The average molecular weight is 330 g/mol. The Morgan fingerprint density at radius 2 is 1.87 bits per heavy atom. The van der Waals surface area contributed by atoms with Gasteiger partial charge in [-0.05, 0) is 36.0 Å². The van der Waals surface area contributed by atoms with Crippen molar-refractivity contribution in [1.29, 1.82) is 0 Å². The lowest BCUT2D eigenvalue weighted by Crippen LogP contribution is -2.24. The second-order valence-corrected chi connectivity index (χ2v) is 6.60. The Morgan fingerprint density at radius 3 is 2.65 bits per heavy atom. The molecule has 2 nitrogen and oxygen atoms in total. The van der Waals surface area contributed by atoms with Gasteiger partial charge in [0.05, 0.1) is 7.11 Å². The molecule has 0 radical (unpaired) electrons. The molecule has 0 N–H and O–H groups in total. The number of hydrogen-bond acceptors (Lipinski definition) is 2. The summed E-state index contributed by atoms with van der Waals surface area (Å²) in [6.07, 6.45) is 2.37. The molecule has 1 fully saturated rings. The van der Waals surface area contributed by atoms with E-state index in [-0.39, 0.29) is 12.4 Å². The minimum atomic E-state index is 0. The van der Waals surface area contributed by atoms with Gasteiger partial charge < -0.3 is 9.64 Å². The molecular formula is C20H24ClNO. The van der Waals surface area contributed by atoms with Gasteiger partial charge in [0.1, 0.15) is 5.75 Å². The lowest BCUT2D eigenvalue weighted by molar-refractivity contribution is 0.325. The largest absolute Gasteiger partial charge is 0.496 e. The molecule has 1 aliphatic heterocycles. The molecule has 2 aromatic rings. The maximum atomic E-state index is 5.61. The first-order chi connectivity index (χ1) is 10.8. The van der Waals surface area contributed by atoms with Crippen LogP contribution in [0.5, 0.6) is 5.75 Å². The molecule has 0 aromatic heterocycles. The summed E-state index contributed by atoms with van der Waals surface area (Å²) in [5, 5.41) is 0. The lowest BCUT2D eigenvalue weighted by atomic mass is 9.96. The maximum absolute atomic E-state index is 5.61. The number of fused-ring (bicyclic) bond motifs is 3. The summed E-state index contributed by atoms with van der Waals surface area (Å²) in [6.45, 7) is 3.59. The molecule has 23 heavy (non-hydrogen) atoms. The zero-order valence-corrected chi connectivity index (χ0v) is 14.4. The Labute approximate surface area is 144 Å². The topological polar surface area (TPSA) is 12.5 Å². The molecule has 4 rings (SSSR count). The zero-order chi connectivity index (χ0) is 14.9. The van der Waals surface area contributed by atoms with Crippen LogP contribution >= 0.6 is 12.4 Å². The van der Waals surface area contributed by atoms with Gasteiger partial charge in [-0.2, -0.15) is 0 Å². The third kappa shape index (κ3) is 3.11. The van der Waals surface area contributed by atoms with Gasteiger partial charge >= 0.3 is 0 Å². The highest BCUT2D eigenvalue weighted by atomic mass is 35.5. The van der Waals surface area contributed by atoms with Crippen molar-refractivity contribution in [3.63, 3.8) is 0 Å². The maximum Gasteiger partial charge on any atom is 0.122 e. The summed E-state index contributed by atoms with van der Waals surface area (Å²) in [7, 11) is 1.80. The highest BCUT2D eigenvalue weighted by Gasteiger charge is 2.41. The van der Waals surface area contributed by atoms with Crippen molar-refractivity contribution in [1.82, 2.24) is 4.90 Å². The monoisotopic (exact) mass is 329 g/mol. The van der Waals surface area contributed by atoms with Gasteiger partial charge in [-0.3, -0.25) is 0 Å². The van der Waals surface area contributed by atoms with Crippen molar-refractivity contribution in [2.24, 2.45) is 5.92 Å². The van der Waals surface area contributed by atoms with Crippen LogP contribution < -0.4 is 4.74 Å². The van der Waals surface area contributed by atoms with Crippen LogP contribution in [-0.4, -0.2) is 31.6 Å². The minimum Gasteiger partial charge on any atom is -0.496 e. The molecule has 2 aliphatic rings. The van der Waals surface area contributed by atoms with Crippen LogP contribution in [0.3, 0.4) is 0 Å². The Bertz CT molecular complexity index is 658. The van der Waals surface area contributed by atoms with Crippen LogP contribution in [0.4, 0.5) is 0 Å². The Balaban J connectivity index is 0.00000156. The predicted molar refractivity (Wildman–Crippen MR) is 96.8 cm³/mol. The van der Waals surface area contributed by atoms with Gasteiger partial charge in [0.2, 0.25) is 0 Å². The first-order valence-corrected chi connectivity index (χ1v) is 8.27. The van der Waals surface area contributed by atoms with Crippen LogP contribution in [0.2, 0.25) is 0 Å². The Hall–Kier alpha value is -1.51. The summed E-state index contributed by atoms with van der Waals surface area (Å²) in [5.41, 5.74) is 4.44. The number of nitrogens with zero attached hydrogens (tertiary/aromatic N) is 1. The van der Waals surface area contributed by atoms with E-state index >= 15 is 0 Å². The van der Waals surface area contributed by atoms with E-state index in [0.29, 0.717) is 5.92 Å². The van der Waals surface area contributed by atoms with Gasteiger partial charge in [0.25, 0.3) is 0 Å². The van der Waals surface area contributed by atoms with Crippen LogP contribution in [-0.2, 0) is 12.8 Å². The fourth-order valence-corrected chi connectivity index (χ4v) is 4.26. The van der Waals surface area contributed by atoms with Gasteiger partial charge in [-0.1, -0.05) is 42.5 Å². The number of ether oxygens (including phenoxy) is 1. The fourth-order valence-electron chi connectivity index (χ4n) is 4.26. The van der Waals surface area contributed by atoms with Crippen molar-refractivity contribution in [2.45, 2.75) is 18.8 Å². The van der Waals surface area contributed by atoms with Gasteiger partial charge in [0.15, 0.2) is 0 Å². The molecule has 122 valence electrons. The number of methoxy groups -OCH3 is 1. The molecular weight excluding hydrogens is 306 g/mol. The van der Waals surface area contributed by atoms with Crippen molar-refractivity contribution < 1.29 is 4.74 Å². The van der Waals surface area contributed by atoms with E-state index in [1.165, 1.54) is 42.7 Å². The predicted octanol–water partition coefficient (Wildman–Crippen LogP) is 3.93. The highest BCUT2D eigenvalue weighted by molar-refractivity contribution is 5.85. The molecule has 0 saturated carbocycles. The summed E-state index contributed by atoms with van der Waals surface area (Å²) in [5.74, 6) is 2.54. The van der Waals surface area contributed by atoms with E-state index in [1.807, 2.05) is 0 Å². The molecule has 0 bridgehead atoms. The van der Waals surface area contributed by atoms with Gasteiger partial charge in [-0.25, -0.2) is 0 Å². The third-order valence-corrected chi connectivity index (χ3v) is 5.31. The Kier molecular flexibility index (Phi) is 4.93. The molecule has 2 aromatic carbocycles. The second kappa shape index (κ2) is 6.94. The zero-order valence-electron chi connectivity index (χ0n) is 13.6. The van der Waals surface area contributed by atoms with Crippen LogP contribution in [0.25, 0.3) is 0 Å². The van der Waals surface area contributed by atoms with E-state index in [9.17, 15) is 0 Å². The quantitative estimate of drug-likeness (QED) is 0.842. The summed E-state index contributed by atoms with van der Waals surface area (Å²) in [4.78, 5) is 2.64. The third-order valence-electron chi connectivity index (χ3n) is 5.31. The first kappa shape index (κ1) is 16.4. The molecule has 1 saturated heterocycles. The van der Waals surface area contributed by atoms with Crippen molar-refractivity contribution in [3.05, 3.63) is 65.2 Å². The van der Waals surface area contributed by atoms with E-state index in [4.69, 9.17) is 4.74 Å². The number of likely N-dealkylation sites (tertiary alicyclic amines) is 1. The first-order valence-electron chi connectivity index (χ1n) is 8.27. The molecule has 3 heteroatoms. The SMILES string of the molecule is COc1cccc2c1C1CN(CCc3ccccc3)CC1C2.Cl. The summed E-state index contributed by atoms with van der Waals surface area (Å²) in [6, 6.07) is 17.4. The normalized spacial score (nSPS) is 22.3. The fraction of sp³-hybridized carbons (Fsp3) is 0.400. The second-order valence-electron chi connectivity index (χ2n) is 6.60.